The van der Waals surface area contributed by atoms with Crippen LogP contribution in [0.5, 0.6) is 0 Å². The van der Waals surface area contributed by atoms with Crippen molar-refractivity contribution in [3.63, 3.8) is 0 Å². The van der Waals surface area contributed by atoms with E-state index in [1.165, 1.54) is 32.4 Å². The standard InChI is InChI=1S/C15H27N3O2/c1-12-8-13(9-17(12)2)15-16-19-11-14(20-15)10-18-6-4-3-5-7-18/h12-14H,3-11H2,1-2H3. The maximum absolute atomic E-state index is 6.13. The lowest BCUT2D eigenvalue weighted by molar-refractivity contribution is -0.0149. The van der Waals surface area contributed by atoms with Crippen LogP contribution in [-0.4, -0.2) is 67.7 Å². The Labute approximate surface area is 121 Å². The zero-order valence-corrected chi connectivity index (χ0v) is 12.8. The first-order chi connectivity index (χ1) is 9.72. The lowest BCUT2D eigenvalue weighted by atomic mass is 10.1. The highest BCUT2D eigenvalue weighted by atomic mass is 16.7. The number of rotatable bonds is 3. The molecule has 3 heterocycles. The van der Waals surface area contributed by atoms with Crippen LogP contribution < -0.4 is 0 Å². The lowest BCUT2D eigenvalue weighted by Gasteiger charge is -2.32. The normalized spacial score (nSPS) is 36.3. The molecule has 0 aromatic rings. The molecule has 3 unspecified atom stereocenters. The molecule has 0 aromatic carbocycles. The highest BCUT2D eigenvalue weighted by Gasteiger charge is 2.34. The quantitative estimate of drug-likeness (QED) is 0.786. The number of piperidine rings is 1. The van der Waals surface area contributed by atoms with Gasteiger partial charge in [-0.1, -0.05) is 11.6 Å². The van der Waals surface area contributed by atoms with Crippen molar-refractivity contribution in [2.24, 2.45) is 11.1 Å². The molecule has 3 aliphatic heterocycles. The first-order valence-electron chi connectivity index (χ1n) is 8.01. The Bertz CT molecular complexity index is 345. The predicted molar refractivity (Wildman–Crippen MR) is 78.8 cm³/mol. The second-order valence-electron chi connectivity index (χ2n) is 6.55. The molecule has 0 saturated carbocycles. The minimum absolute atomic E-state index is 0.154. The Morgan fingerprint density at radius 1 is 1.25 bits per heavy atom. The minimum atomic E-state index is 0.154. The van der Waals surface area contributed by atoms with Gasteiger partial charge in [0.2, 0.25) is 5.90 Å². The summed E-state index contributed by atoms with van der Waals surface area (Å²) in [6, 6.07) is 0.605. The van der Waals surface area contributed by atoms with Gasteiger partial charge in [-0.3, -0.25) is 4.90 Å². The summed E-state index contributed by atoms with van der Waals surface area (Å²) in [5.74, 6) is 1.23. The third kappa shape index (κ3) is 3.26. The van der Waals surface area contributed by atoms with Gasteiger partial charge in [0, 0.05) is 19.1 Å². The summed E-state index contributed by atoms with van der Waals surface area (Å²) >= 11 is 0. The van der Waals surface area contributed by atoms with Gasteiger partial charge in [-0.05, 0) is 46.3 Å². The van der Waals surface area contributed by atoms with E-state index >= 15 is 0 Å². The molecule has 2 saturated heterocycles. The summed E-state index contributed by atoms with van der Waals surface area (Å²) in [6.45, 7) is 7.27. The molecule has 0 amide bonds. The van der Waals surface area contributed by atoms with Crippen LogP contribution in [0.25, 0.3) is 0 Å². The van der Waals surface area contributed by atoms with Crippen molar-refractivity contribution in [1.82, 2.24) is 9.80 Å². The first kappa shape index (κ1) is 14.1. The fourth-order valence-corrected chi connectivity index (χ4v) is 3.47. The molecule has 0 N–H and O–H groups in total. The van der Waals surface area contributed by atoms with Crippen molar-refractivity contribution < 1.29 is 9.57 Å². The summed E-state index contributed by atoms with van der Waals surface area (Å²) in [4.78, 5) is 10.3. The number of nitrogens with zero attached hydrogens (tertiary/aromatic N) is 3. The summed E-state index contributed by atoms with van der Waals surface area (Å²) in [7, 11) is 2.17. The third-order valence-electron chi connectivity index (χ3n) is 4.85. The fourth-order valence-electron chi connectivity index (χ4n) is 3.47. The van der Waals surface area contributed by atoms with Crippen LogP contribution in [0, 0.1) is 5.92 Å². The van der Waals surface area contributed by atoms with Crippen LogP contribution in [0.3, 0.4) is 0 Å². The molecule has 3 aliphatic rings. The molecule has 0 bridgehead atoms. The van der Waals surface area contributed by atoms with Crippen LogP contribution in [0.2, 0.25) is 0 Å². The van der Waals surface area contributed by atoms with Crippen molar-refractivity contribution in [2.45, 2.75) is 44.8 Å². The topological polar surface area (TPSA) is 37.3 Å². The SMILES string of the molecule is CC1CC(C2=NOCC(CN3CCCCC3)O2)CN1C. The smallest absolute Gasteiger partial charge is 0.230 e. The first-order valence-corrected chi connectivity index (χ1v) is 8.01. The lowest BCUT2D eigenvalue weighted by Crippen LogP contribution is -2.43. The van der Waals surface area contributed by atoms with E-state index in [0.29, 0.717) is 18.6 Å². The Balaban J connectivity index is 1.52. The molecule has 0 aliphatic carbocycles. The minimum Gasteiger partial charge on any atom is -0.470 e. The van der Waals surface area contributed by atoms with Crippen molar-refractivity contribution in [2.75, 3.05) is 39.8 Å². The summed E-state index contributed by atoms with van der Waals surface area (Å²) in [5.41, 5.74) is 0. The molecule has 114 valence electrons. The average molecular weight is 281 g/mol. The van der Waals surface area contributed by atoms with E-state index < -0.39 is 0 Å². The highest BCUT2D eigenvalue weighted by molar-refractivity contribution is 5.79. The van der Waals surface area contributed by atoms with Crippen molar-refractivity contribution >= 4 is 5.90 Å². The largest absolute Gasteiger partial charge is 0.470 e. The van der Waals surface area contributed by atoms with Gasteiger partial charge >= 0.3 is 0 Å². The highest BCUT2D eigenvalue weighted by Crippen LogP contribution is 2.25. The Hall–Kier alpha value is -0.810. The van der Waals surface area contributed by atoms with Gasteiger partial charge in [0.15, 0.2) is 6.61 Å². The third-order valence-corrected chi connectivity index (χ3v) is 4.85. The Kier molecular flexibility index (Phi) is 4.46. The molecular formula is C15H27N3O2. The second-order valence-corrected chi connectivity index (χ2v) is 6.55. The second kappa shape index (κ2) is 6.31. The summed E-state index contributed by atoms with van der Waals surface area (Å²) in [5, 5.41) is 4.17. The van der Waals surface area contributed by atoms with E-state index in [4.69, 9.17) is 9.57 Å². The summed E-state index contributed by atoms with van der Waals surface area (Å²) in [6.07, 6.45) is 5.28. The number of hydrogen-bond acceptors (Lipinski definition) is 5. The van der Waals surface area contributed by atoms with Crippen LogP contribution in [0.1, 0.15) is 32.6 Å². The number of likely N-dealkylation sites (tertiary alicyclic amines) is 2. The van der Waals surface area contributed by atoms with Crippen molar-refractivity contribution in [3.8, 4) is 0 Å². The van der Waals surface area contributed by atoms with E-state index in [0.717, 1.165) is 25.4 Å². The van der Waals surface area contributed by atoms with E-state index in [2.05, 4.69) is 28.9 Å². The van der Waals surface area contributed by atoms with E-state index in [-0.39, 0.29) is 6.10 Å². The Morgan fingerprint density at radius 2 is 2.05 bits per heavy atom. The molecule has 0 aromatic heterocycles. The molecular weight excluding hydrogens is 254 g/mol. The average Bonchev–Trinajstić information content (AvgIpc) is 2.80. The van der Waals surface area contributed by atoms with Gasteiger partial charge in [0.1, 0.15) is 6.10 Å². The fraction of sp³-hybridized carbons (Fsp3) is 0.933. The monoisotopic (exact) mass is 281 g/mol. The van der Waals surface area contributed by atoms with Crippen molar-refractivity contribution in [3.05, 3.63) is 0 Å². The van der Waals surface area contributed by atoms with Gasteiger partial charge < -0.3 is 14.5 Å². The van der Waals surface area contributed by atoms with Crippen LogP contribution >= 0.6 is 0 Å². The molecule has 20 heavy (non-hydrogen) atoms. The molecule has 0 spiro atoms. The van der Waals surface area contributed by atoms with Crippen LogP contribution in [0.15, 0.2) is 5.16 Å². The van der Waals surface area contributed by atoms with E-state index in [1.807, 2.05) is 0 Å². The van der Waals surface area contributed by atoms with Gasteiger partial charge in [0.25, 0.3) is 0 Å². The zero-order valence-electron chi connectivity index (χ0n) is 12.8. The van der Waals surface area contributed by atoms with Crippen LogP contribution in [-0.2, 0) is 9.57 Å². The van der Waals surface area contributed by atoms with Gasteiger partial charge in [0.05, 0.1) is 5.92 Å². The van der Waals surface area contributed by atoms with Gasteiger partial charge in [-0.2, -0.15) is 0 Å². The zero-order chi connectivity index (χ0) is 13.9. The van der Waals surface area contributed by atoms with E-state index in [1.54, 1.807) is 0 Å². The van der Waals surface area contributed by atoms with Gasteiger partial charge in [-0.15, -0.1) is 0 Å². The molecule has 3 rings (SSSR count). The number of hydrogen-bond donors (Lipinski definition) is 0. The van der Waals surface area contributed by atoms with Crippen LogP contribution in [0.4, 0.5) is 0 Å². The molecule has 5 heteroatoms. The predicted octanol–water partition coefficient (Wildman–Crippen LogP) is 1.54. The number of oxime groups is 1. The molecule has 0 radical (unpaired) electrons. The maximum Gasteiger partial charge on any atom is 0.230 e. The molecule has 5 nitrogen and oxygen atoms in total. The molecule has 2 fully saturated rings. The maximum atomic E-state index is 6.13. The molecule has 3 atom stereocenters. The van der Waals surface area contributed by atoms with Gasteiger partial charge in [-0.25, -0.2) is 0 Å². The number of ether oxygens (including phenoxy) is 1. The van der Waals surface area contributed by atoms with E-state index in [9.17, 15) is 0 Å². The Morgan fingerprint density at radius 3 is 2.75 bits per heavy atom. The summed E-state index contributed by atoms with van der Waals surface area (Å²) < 4.78 is 6.13. The van der Waals surface area contributed by atoms with Crippen molar-refractivity contribution in [1.29, 1.82) is 0 Å².